The van der Waals surface area contributed by atoms with E-state index >= 15 is 0 Å². The standard InChI is InChI=1S/C11H13BrClNO2/c1-2-16-6-5-11(15)14-10-7-8(12)3-4-9(10)13/h3-4,7H,2,5-6H2,1H3,(H,14,15). The number of rotatable bonds is 5. The molecule has 5 heteroatoms. The van der Waals surface area contributed by atoms with Gasteiger partial charge in [0.15, 0.2) is 0 Å². The van der Waals surface area contributed by atoms with E-state index in [0.29, 0.717) is 30.3 Å². The van der Waals surface area contributed by atoms with Gasteiger partial charge in [0.1, 0.15) is 0 Å². The molecule has 0 unspecified atom stereocenters. The van der Waals surface area contributed by atoms with Gasteiger partial charge in [0.25, 0.3) is 0 Å². The molecular weight excluding hydrogens is 293 g/mol. The predicted molar refractivity (Wildman–Crippen MR) is 68.9 cm³/mol. The van der Waals surface area contributed by atoms with Crippen LogP contribution in [0.15, 0.2) is 22.7 Å². The number of hydrogen-bond acceptors (Lipinski definition) is 2. The summed E-state index contributed by atoms with van der Waals surface area (Å²) < 4.78 is 5.96. The maximum atomic E-state index is 11.5. The van der Waals surface area contributed by atoms with E-state index < -0.39 is 0 Å². The van der Waals surface area contributed by atoms with Gasteiger partial charge in [-0.15, -0.1) is 0 Å². The molecule has 88 valence electrons. The molecule has 1 amide bonds. The zero-order valence-electron chi connectivity index (χ0n) is 8.93. The van der Waals surface area contributed by atoms with E-state index in [9.17, 15) is 4.79 Å². The number of carbonyl (C=O) groups excluding carboxylic acids is 1. The molecule has 0 fully saturated rings. The molecule has 0 aliphatic carbocycles. The fraction of sp³-hybridized carbons (Fsp3) is 0.364. The number of halogens is 2. The van der Waals surface area contributed by atoms with Gasteiger partial charge < -0.3 is 10.1 Å². The monoisotopic (exact) mass is 305 g/mol. The van der Waals surface area contributed by atoms with Crippen LogP contribution in [0.25, 0.3) is 0 Å². The van der Waals surface area contributed by atoms with Gasteiger partial charge in [-0.2, -0.15) is 0 Å². The molecular formula is C11H13BrClNO2. The fourth-order valence-corrected chi connectivity index (χ4v) is 1.64. The molecule has 0 saturated heterocycles. The van der Waals surface area contributed by atoms with Gasteiger partial charge >= 0.3 is 0 Å². The van der Waals surface area contributed by atoms with Crippen molar-refractivity contribution in [1.82, 2.24) is 0 Å². The highest BCUT2D eigenvalue weighted by Gasteiger charge is 2.06. The molecule has 0 aliphatic rings. The molecule has 0 spiro atoms. The minimum absolute atomic E-state index is 0.103. The number of hydrogen-bond donors (Lipinski definition) is 1. The average Bonchev–Trinajstić information content (AvgIpc) is 2.24. The van der Waals surface area contributed by atoms with Crippen molar-refractivity contribution in [2.45, 2.75) is 13.3 Å². The SMILES string of the molecule is CCOCCC(=O)Nc1cc(Br)ccc1Cl. The molecule has 0 radical (unpaired) electrons. The Balaban J connectivity index is 2.52. The van der Waals surface area contributed by atoms with Gasteiger partial charge in [-0.25, -0.2) is 0 Å². The van der Waals surface area contributed by atoms with Gasteiger partial charge in [0.05, 0.1) is 23.7 Å². The Hall–Kier alpha value is -0.580. The smallest absolute Gasteiger partial charge is 0.226 e. The van der Waals surface area contributed by atoms with Crippen molar-refractivity contribution >= 4 is 39.1 Å². The summed E-state index contributed by atoms with van der Waals surface area (Å²) in [4.78, 5) is 11.5. The first-order valence-corrected chi connectivity index (χ1v) is 6.13. The third-order valence-electron chi connectivity index (χ3n) is 1.88. The van der Waals surface area contributed by atoms with E-state index in [1.54, 1.807) is 12.1 Å². The second-order valence-electron chi connectivity index (χ2n) is 3.12. The van der Waals surface area contributed by atoms with Crippen LogP contribution in [0.5, 0.6) is 0 Å². The largest absolute Gasteiger partial charge is 0.381 e. The Kier molecular flexibility index (Phi) is 5.80. The summed E-state index contributed by atoms with van der Waals surface area (Å²) >= 11 is 9.25. The highest BCUT2D eigenvalue weighted by Crippen LogP contribution is 2.25. The van der Waals surface area contributed by atoms with Crippen LogP contribution in [0, 0.1) is 0 Å². The molecule has 0 bridgehead atoms. The number of nitrogens with one attached hydrogen (secondary N) is 1. The van der Waals surface area contributed by atoms with Crippen molar-refractivity contribution < 1.29 is 9.53 Å². The van der Waals surface area contributed by atoms with E-state index in [-0.39, 0.29) is 5.91 Å². The lowest BCUT2D eigenvalue weighted by molar-refractivity contribution is -0.117. The summed E-state index contributed by atoms with van der Waals surface area (Å²) in [5.41, 5.74) is 0.609. The lowest BCUT2D eigenvalue weighted by atomic mass is 10.3. The predicted octanol–water partition coefficient (Wildman–Crippen LogP) is 3.47. The highest BCUT2D eigenvalue weighted by atomic mass is 79.9. The second kappa shape index (κ2) is 6.89. The first-order valence-electron chi connectivity index (χ1n) is 4.96. The molecule has 1 rings (SSSR count). The molecule has 0 atom stereocenters. The van der Waals surface area contributed by atoms with Crippen LogP contribution in [-0.2, 0) is 9.53 Å². The van der Waals surface area contributed by atoms with Gasteiger partial charge in [-0.1, -0.05) is 27.5 Å². The quantitative estimate of drug-likeness (QED) is 0.846. The molecule has 16 heavy (non-hydrogen) atoms. The average molecular weight is 307 g/mol. The first-order chi connectivity index (χ1) is 7.63. The Morgan fingerprint density at radius 1 is 1.56 bits per heavy atom. The summed E-state index contributed by atoms with van der Waals surface area (Å²) in [7, 11) is 0. The van der Waals surface area contributed by atoms with E-state index in [2.05, 4.69) is 21.2 Å². The van der Waals surface area contributed by atoms with Crippen LogP contribution in [0.1, 0.15) is 13.3 Å². The van der Waals surface area contributed by atoms with Crippen LogP contribution >= 0.6 is 27.5 Å². The van der Waals surface area contributed by atoms with Gasteiger partial charge in [-0.3, -0.25) is 4.79 Å². The Bertz CT molecular complexity index is 371. The van der Waals surface area contributed by atoms with Crippen LogP contribution in [0.4, 0.5) is 5.69 Å². The maximum Gasteiger partial charge on any atom is 0.226 e. The summed E-state index contributed by atoms with van der Waals surface area (Å²) in [6, 6.07) is 5.31. The summed E-state index contributed by atoms with van der Waals surface area (Å²) in [5.74, 6) is -0.103. The molecule has 1 aromatic rings. The minimum atomic E-state index is -0.103. The van der Waals surface area contributed by atoms with Crippen molar-refractivity contribution in [1.29, 1.82) is 0 Å². The normalized spacial score (nSPS) is 10.2. The van der Waals surface area contributed by atoms with Crippen molar-refractivity contribution in [3.05, 3.63) is 27.7 Å². The summed E-state index contributed by atoms with van der Waals surface area (Å²) in [6.45, 7) is 2.93. The number of ether oxygens (including phenoxy) is 1. The third kappa shape index (κ3) is 4.51. The summed E-state index contributed by atoms with van der Waals surface area (Å²) in [6.07, 6.45) is 0.330. The molecule has 0 aliphatic heterocycles. The zero-order valence-corrected chi connectivity index (χ0v) is 11.3. The van der Waals surface area contributed by atoms with Crippen LogP contribution < -0.4 is 5.32 Å². The number of benzene rings is 1. The molecule has 1 aromatic carbocycles. The van der Waals surface area contributed by atoms with Crippen LogP contribution in [0.2, 0.25) is 5.02 Å². The number of carbonyl (C=O) groups is 1. The lowest BCUT2D eigenvalue weighted by Gasteiger charge is -2.07. The van der Waals surface area contributed by atoms with Gasteiger partial charge in [0.2, 0.25) is 5.91 Å². The topological polar surface area (TPSA) is 38.3 Å². The van der Waals surface area contributed by atoms with Gasteiger partial charge in [0, 0.05) is 11.1 Å². The zero-order chi connectivity index (χ0) is 12.0. The second-order valence-corrected chi connectivity index (χ2v) is 4.44. The lowest BCUT2D eigenvalue weighted by Crippen LogP contribution is -2.14. The molecule has 1 N–H and O–H groups in total. The Morgan fingerprint density at radius 2 is 2.31 bits per heavy atom. The van der Waals surface area contributed by atoms with Crippen molar-refractivity contribution in [2.75, 3.05) is 18.5 Å². The van der Waals surface area contributed by atoms with Crippen molar-refractivity contribution in [3.8, 4) is 0 Å². The third-order valence-corrected chi connectivity index (χ3v) is 2.70. The minimum Gasteiger partial charge on any atom is -0.381 e. The van der Waals surface area contributed by atoms with Crippen molar-refractivity contribution in [2.24, 2.45) is 0 Å². The maximum absolute atomic E-state index is 11.5. The molecule has 0 aromatic heterocycles. The molecule has 0 saturated carbocycles. The van der Waals surface area contributed by atoms with E-state index in [1.165, 1.54) is 0 Å². The first kappa shape index (κ1) is 13.5. The fourth-order valence-electron chi connectivity index (χ4n) is 1.12. The highest BCUT2D eigenvalue weighted by molar-refractivity contribution is 9.10. The van der Waals surface area contributed by atoms with Crippen molar-refractivity contribution in [3.63, 3.8) is 0 Å². The van der Waals surface area contributed by atoms with E-state index in [0.717, 1.165) is 4.47 Å². The van der Waals surface area contributed by atoms with E-state index in [1.807, 2.05) is 13.0 Å². The molecule has 3 nitrogen and oxygen atoms in total. The molecule has 0 heterocycles. The van der Waals surface area contributed by atoms with Crippen LogP contribution in [0.3, 0.4) is 0 Å². The van der Waals surface area contributed by atoms with E-state index in [4.69, 9.17) is 16.3 Å². The number of amides is 1. The Morgan fingerprint density at radius 3 is 3.00 bits per heavy atom. The van der Waals surface area contributed by atoms with Gasteiger partial charge in [-0.05, 0) is 25.1 Å². The van der Waals surface area contributed by atoms with Crippen LogP contribution in [-0.4, -0.2) is 19.1 Å². The number of anilines is 1. The Labute approximate surface area is 108 Å². The summed E-state index contributed by atoms with van der Waals surface area (Å²) in [5, 5.41) is 3.25.